The molecule has 4 nitrogen and oxygen atoms in total. The summed E-state index contributed by atoms with van der Waals surface area (Å²) in [6.07, 6.45) is 8.87. The topological polar surface area (TPSA) is 48.1 Å². The maximum absolute atomic E-state index is 13.1. The number of nitrogens with zero attached hydrogens (tertiary/aromatic N) is 1. The molecule has 3 aromatic rings. The normalized spacial score (nSPS) is 16.2. The summed E-state index contributed by atoms with van der Waals surface area (Å²) < 4.78 is 0. The number of carbonyl (C=O) groups excluding carboxylic acids is 1. The predicted octanol–water partition coefficient (Wildman–Crippen LogP) is 6.20. The number of anilines is 1. The minimum absolute atomic E-state index is 0.0590. The summed E-state index contributed by atoms with van der Waals surface area (Å²) in [7, 11) is 4.23. The predicted molar refractivity (Wildman–Crippen MR) is 138 cm³/mol. The first-order chi connectivity index (χ1) is 16.0. The first-order valence-corrected chi connectivity index (χ1v) is 12.2. The van der Waals surface area contributed by atoms with Gasteiger partial charge in [-0.1, -0.05) is 41.9 Å². The van der Waals surface area contributed by atoms with Crippen LogP contribution in [0.3, 0.4) is 0 Å². The average molecular weight is 460 g/mol. The molecule has 2 N–H and O–H groups in total. The van der Waals surface area contributed by atoms with Gasteiger partial charge in [0, 0.05) is 33.2 Å². The lowest BCUT2D eigenvalue weighted by atomic mass is 9.91. The second-order valence-electron chi connectivity index (χ2n) is 9.31. The average Bonchev–Trinajstić information content (AvgIpc) is 3.31. The van der Waals surface area contributed by atoms with Gasteiger partial charge in [0.1, 0.15) is 0 Å². The molecular formula is C28H30ClN3O. The van der Waals surface area contributed by atoms with Crippen LogP contribution in [-0.4, -0.2) is 36.4 Å². The van der Waals surface area contributed by atoms with Gasteiger partial charge in [-0.2, -0.15) is 0 Å². The Morgan fingerprint density at radius 1 is 1.03 bits per heavy atom. The smallest absolute Gasteiger partial charge is 0.256 e. The van der Waals surface area contributed by atoms with Crippen LogP contribution in [0.1, 0.15) is 47.3 Å². The fraction of sp³-hybridized carbons (Fsp3) is 0.321. The van der Waals surface area contributed by atoms with Crippen molar-refractivity contribution in [3.05, 3.63) is 75.6 Å². The summed E-state index contributed by atoms with van der Waals surface area (Å²) in [4.78, 5) is 19.1. The standard InChI is InChI=1S/C28H30ClN3O/c1-32(2)16-8-12-20-19-10-4-6-14-24(19)30-26(20)17-22-27-21(18-9-3-5-13-23(18)29)11-7-15-25(27)31-28(22)33/h3,5,7,9,11,13,15,17,30H,4,6,8,10,12,14,16H2,1-2H3,(H,31,33). The van der Waals surface area contributed by atoms with Gasteiger partial charge in [-0.05, 0) is 94.1 Å². The van der Waals surface area contributed by atoms with E-state index < -0.39 is 0 Å². The van der Waals surface area contributed by atoms with Crippen LogP contribution >= 0.6 is 11.6 Å². The number of amides is 1. The Morgan fingerprint density at radius 2 is 1.82 bits per heavy atom. The van der Waals surface area contributed by atoms with Crippen molar-refractivity contribution in [2.24, 2.45) is 0 Å². The SMILES string of the molecule is CN(C)CCCc1c(C=C2C(=O)Nc3cccc(-c4ccccc4Cl)c32)[nH]c2c1CCCC2. The van der Waals surface area contributed by atoms with Gasteiger partial charge in [-0.3, -0.25) is 4.79 Å². The molecule has 2 aromatic carbocycles. The highest BCUT2D eigenvalue weighted by atomic mass is 35.5. The third-order valence-corrected chi connectivity index (χ3v) is 7.08. The van der Waals surface area contributed by atoms with Crippen molar-refractivity contribution in [2.75, 3.05) is 26.0 Å². The van der Waals surface area contributed by atoms with E-state index >= 15 is 0 Å². The monoisotopic (exact) mass is 459 g/mol. The molecule has 1 aromatic heterocycles. The molecule has 1 amide bonds. The highest BCUT2D eigenvalue weighted by Gasteiger charge is 2.29. The van der Waals surface area contributed by atoms with E-state index in [1.165, 1.54) is 29.7 Å². The molecule has 1 aliphatic carbocycles. The molecule has 0 spiro atoms. The molecule has 0 saturated carbocycles. The molecule has 0 bridgehead atoms. The number of rotatable bonds is 6. The maximum atomic E-state index is 13.1. The third kappa shape index (κ3) is 4.25. The lowest BCUT2D eigenvalue weighted by Crippen LogP contribution is -2.14. The van der Waals surface area contributed by atoms with Crippen molar-refractivity contribution in [1.29, 1.82) is 0 Å². The summed E-state index contributed by atoms with van der Waals surface area (Å²) in [6, 6.07) is 13.8. The first-order valence-electron chi connectivity index (χ1n) is 11.8. The van der Waals surface area contributed by atoms with E-state index in [0.29, 0.717) is 10.6 Å². The van der Waals surface area contributed by atoms with Crippen LogP contribution in [0.15, 0.2) is 42.5 Å². The van der Waals surface area contributed by atoms with E-state index in [1.54, 1.807) is 0 Å². The number of aromatic amines is 1. The van der Waals surface area contributed by atoms with Crippen LogP contribution in [0.5, 0.6) is 0 Å². The fourth-order valence-corrected chi connectivity index (χ4v) is 5.43. The zero-order chi connectivity index (χ0) is 22.9. The van der Waals surface area contributed by atoms with Crippen molar-refractivity contribution in [3.8, 4) is 11.1 Å². The van der Waals surface area contributed by atoms with E-state index in [0.717, 1.165) is 60.3 Å². The summed E-state index contributed by atoms with van der Waals surface area (Å²) >= 11 is 6.55. The van der Waals surface area contributed by atoms with E-state index in [-0.39, 0.29) is 5.91 Å². The molecule has 5 rings (SSSR count). The molecule has 0 radical (unpaired) electrons. The van der Waals surface area contributed by atoms with Gasteiger partial charge in [0.2, 0.25) is 0 Å². The van der Waals surface area contributed by atoms with Crippen LogP contribution in [0.2, 0.25) is 5.02 Å². The van der Waals surface area contributed by atoms with Crippen molar-refractivity contribution in [3.63, 3.8) is 0 Å². The molecular weight excluding hydrogens is 430 g/mol. The van der Waals surface area contributed by atoms with Crippen molar-refractivity contribution in [2.45, 2.75) is 38.5 Å². The van der Waals surface area contributed by atoms with Gasteiger partial charge < -0.3 is 15.2 Å². The lowest BCUT2D eigenvalue weighted by molar-refractivity contribution is -0.110. The summed E-state index contributed by atoms with van der Waals surface area (Å²) in [5.41, 5.74) is 9.70. The van der Waals surface area contributed by atoms with Crippen LogP contribution < -0.4 is 5.32 Å². The fourth-order valence-electron chi connectivity index (χ4n) is 5.19. The van der Waals surface area contributed by atoms with E-state index in [2.05, 4.69) is 35.4 Å². The Morgan fingerprint density at radius 3 is 2.64 bits per heavy atom. The number of hydrogen-bond acceptors (Lipinski definition) is 2. The van der Waals surface area contributed by atoms with E-state index in [1.807, 2.05) is 42.5 Å². The molecule has 1 aliphatic heterocycles. The second-order valence-corrected chi connectivity index (χ2v) is 9.72. The zero-order valence-corrected chi connectivity index (χ0v) is 20.1. The number of H-pyrrole nitrogens is 1. The Balaban J connectivity index is 1.61. The number of carbonyl (C=O) groups is 1. The van der Waals surface area contributed by atoms with Crippen molar-refractivity contribution in [1.82, 2.24) is 9.88 Å². The number of fused-ring (bicyclic) bond motifs is 2. The van der Waals surface area contributed by atoms with Gasteiger partial charge in [0.25, 0.3) is 5.91 Å². The highest BCUT2D eigenvalue weighted by molar-refractivity contribution is 6.37. The third-order valence-electron chi connectivity index (χ3n) is 6.75. The molecule has 33 heavy (non-hydrogen) atoms. The molecule has 0 fully saturated rings. The van der Waals surface area contributed by atoms with Crippen molar-refractivity contribution >= 4 is 34.8 Å². The summed E-state index contributed by atoms with van der Waals surface area (Å²) in [6.45, 7) is 1.05. The zero-order valence-electron chi connectivity index (χ0n) is 19.3. The largest absolute Gasteiger partial charge is 0.358 e. The van der Waals surface area contributed by atoms with Crippen molar-refractivity contribution < 1.29 is 4.79 Å². The van der Waals surface area contributed by atoms with Crippen LogP contribution in [0.4, 0.5) is 5.69 Å². The molecule has 0 saturated heterocycles. The van der Waals surface area contributed by atoms with Gasteiger partial charge in [0.05, 0.1) is 5.57 Å². The van der Waals surface area contributed by atoms with E-state index in [4.69, 9.17) is 11.6 Å². The summed E-state index contributed by atoms with van der Waals surface area (Å²) in [5, 5.41) is 3.75. The summed E-state index contributed by atoms with van der Waals surface area (Å²) in [5.74, 6) is -0.0590. The number of aromatic nitrogens is 1. The quantitative estimate of drug-likeness (QED) is 0.431. The van der Waals surface area contributed by atoms with Gasteiger partial charge in [-0.25, -0.2) is 0 Å². The molecule has 170 valence electrons. The number of nitrogens with one attached hydrogen (secondary N) is 2. The second kappa shape index (κ2) is 9.20. The van der Waals surface area contributed by atoms with Crippen LogP contribution in [-0.2, 0) is 24.1 Å². The first kappa shape index (κ1) is 22.0. The number of aryl methyl sites for hydroxylation is 1. The molecule has 2 aliphatic rings. The van der Waals surface area contributed by atoms with Gasteiger partial charge in [0.15, 0.2) is 0 Å². The minimum Gasteiger partial charge on any atom is -0.358 e. The Bertz CT molecular complexity index is 1240. The minimum atomic E-state index is -0.0590. The Hall–Kier alpha value is -2.82. The molecule has 2 heterocycles. The maximum Gasteiger partial charge on any atom is 0.256 e. The Kier molecular flexibility index (Phi) is 6.13. The van der Waals surface area contributed by atoms with E-state index in [9.17, 15) is 4.79 Å². The van der Waals surface area contributed by atoms with Crippen LogP contribution in [0, 0.1) is 0 Å². The molecule has 0 unspecified atom stereocenters. The lowest BCUT2D eigenvalue weighted by Gasteiger charge is -2.14. The number of halogens is 1. The van der Waals surface area contributed by atoms with Crippen LogP contribution in [0.25, 0.3) is 22.8 Å². The number of hydrogen-bond donors (Lipinski definition) is 2. The molecule has 5 heteroatoms. The van der Waals surface area contributed by atoms with Gasteiger partial charge in [-0.15, -0.1) is 0 Å². The number of benzene rings is 2. The van der Waals surface area contributed by atoms with Gasteiger partial charge >= 0.3 is 0 Å². The molecule has 0 atom stereocenters. The Labute approximate surface area is 200 Å². The highest BCUT2D eigenvalue weighted by Crippen LogP contribution is 2.43.